The third kappa shape index (κ3) is 4.13. The van der Waals surface area contributed by atoms with E-state index in [9.17, 15) is 14.0 Å². The van der Waals surface area contributed by atoms with Crippen LogP contribution in [-0.2, 0) is 9.59 Å². The van der Waals surface area contributed by atoms with Crippen LogP contribution < -0.4 is 14.4 Å². The van der Waals surface area contributed by atoms with E-state index >= 15 is 0 Å². The Kier molecular flexibility index (Phi) is 5.28. The van der Waals surface area contributed by atoms with Crippen molar-refractivity contribution in [1.82, 2.24) is 14.9 Å². The Morgan fingerprint density at radius 3 is 2.69 bits per heavy atom. The first-order valence-electron chi connectivity index (χ1n) is 9.41. The number of benzene rings is 1. The molecule has 3 heterocycles. The van der Waals surface area contributed by atoms with Crippen LogP contribution in [0, 0.1) is 11.7 Å². The zero-order valence-electron chi connectivity index (χ0n) is 16.0. The van der Waals surface area contributed by atoms with Crippen molar-refractivity contribution in [3.8, 4) is 11.8 Å². The molecule has 0 saturated carbocycles. The molecule has 1 aromatic heterocycles. The van der Waals surface area contributed by atoms with Crippen LogP contribution in [0.4, 0.5) is 10.1 Å². The Balaban J connectivity index is 1.35. The number of carbonyl (C=O) groups excluding carboxylic acids is 2. The third-order valence-electron chi connectivity index (χ3n) is 5.16. The summed E-state index contributed by atoms with van der Waals surface area (Å²) in [6.07, 6.45) is 3.63. The van der Waals surface area contributed by atoms with Crippen molar-refractivity contribution >= 4 is 17.5 Å². The van der Waals surface area contributed by atoms with Crippen molar-refractivity contribution in [3.63, 3.8) is 0 Å². The molecular formula is C20H21FN4O4. The van der Waals surface area contributed by atoms with Gasteiger partial charge in [-0.3, -0.25) is 14.6 Å². The molecule has 2 unspecified atom stereocenters. The molecule has 2 aliphatic heterocycles. The van der Waals surface area contributed by atoms with Gasteiger partial charge in [0.2, 0.25) is 23.6 Å². The predicted octanol–water partition coefficient (Wildman–Crippen LogP) is 1.66. The number of carbonyl (C=O) groups is 2. The third-order valence-corrected chi connectivity index (χ3v) is 5.16. The second-order valence-corrected chi connectivity index (χ2v) is 7.09. The van der Waals surface area contributed by atoms with Crippen LogP contribution >= 0.6 is 0 Å². The molecule has 4 rings (SSSR count). The number of likely N-dealkylation sites (tertiary alicyclic amines) is 1. The average molecular weight is 400 g/mol. The van der Waals surface area contributed by atoms with Gasteiger partial charge in [0.15, 0.2) is 0 Å². The number of rotatable bonds is 5. The van der Waals surface area contributed by atoms with Crippen LogP contribution in [0.3, 0.4) is 0 Å². The molecule has 2 saturated heterocycles. The Morgan fingerprint density at radius 2 is 1.93 bits per heavy atom. The van der Waals surface area contributed by atoms with Gasteiger partial charge in [0.1, 0.15) is 11.9 Å². The standard InChI is InChI=1S/C20H21FN4O4/c1-28-17-9-22-10-18(23-17)29-16-6-7-24(12-16)20(27)13-8-19(26)25(11-13)15-4-2-14(21)3-5-15/h2-5,9-10,13,16H,6-8,11-12H2,1H3. The highest BCUT2D eigenvalue weighted by Gasteiger charge is 2.39. The topological polar surface area (TPSA) is 84.9 Å². The molecule has 0 bridgehead atoms. The summed E-state index contributed by atoms with van der Waals surface area (Å²) in [6.45, 7) is 1.29. The number of methoxy groups -OCH3 is 1. The van der Waals surface area contributed by atoms with E-state index in [2.05, 4.69) is 9.97 Å². The van der Waals surface area contributed by atoms with Gasteiger partial charge in [-0.25, -0.2) is 4.39 Å². The summed E-state index contributed by atoms with van der Waals surface area (Å²) in [5.74, 6) is -0.264. The van der Waals surface area contributed by atoms with E-state index in [0.717, 1.165) is 0 Å². The fourth-order valence-electron chi connectivity index (χ4n) is 3.68. The van der Waals surface area contributed by atoms with E-state index in [1.807, 2.05) is 0 Å². The molecule has 0 aliphatic carbocycles. The zero-order chi connectivity index (χ0) is 20.4. The van der Waals surface area contributed by atoms with Gasteiger partial charge in [-0.2, -0.15) is 4.98 Å². The van der Waals surface area contributed by atoms with Crippen LogP contribution in [0.25, 0.3) is 0 Å². The van der Waals surface area contributed by atoms with Gasteiger partial charge in [0.05, 0.1) is 32.0 Å². The van der Waals surface area contributed by atoms with Crippen LogP contribution in [-0.4, -0.2) is 59.5 Å². The Bertz CT molecular complexity index is 908. The fourth-order valence-corrected chi connectivity index (χ4v) is 3.68. The molecule has 2 fully saturated rings. The SMILES string of the molecule is COc1cncc(OC2CCN(C(=O)C3CC(=O)N(c4ccc(F)cc4)C3)C2)n1. The lowest BCUT2D eigenvalue weighted by molar-refractivity contribution is -0.135. The predicted molar refractivity (Wildman–Crippen MR) is 101 cm³/mol. The quantitative estimate of drug-likeness (QED) is 0.759. The Hall–Kier alpha value is -3.23. The van der Waals surface area contributed by atoms with E-state index in [0.29, 0.717) is 43.5 Å². The van der Waals surface area contributed by atoms with Gasteiger partial charge >= 0.3 is 0 Å². The molecule has 2 atom stereocenters. The van der Waals surface area contributed by atoms with Crippen LogP contribution in [0.5, 0.6) is 11.8 Å². The van der Waals surface area contributed by atoms with Crippen molar-refractivity contribution in [2.45, 2.75) is 18.9 Å². The maximum absolute atomic E-state index is 13.1. The normalized spacial score (nSPS) is 21.5. The van der Waals surface area contributed by atoms with Gasteiger partial charge in [-0.05, 0) is 24.3 Å². The maximum Gasteiger partial charge on any atom is 0.235 e. The van der Waals surface area contributed by atoms with Gasteiger partial charge in [0.25, 0.3) is 0 Å². The monoisotopic (exact) mass is 400 g/mol. The van der Waals surface area contributed by atoms with E-state index in [1.54, 1.807) is 17.0 Å². The first kappa shape index (κ1) is 19.1. The minimum Gasteiger partial charge on any atom is -0.480 e. The van der Waals surface area contributed by atoms with Gasteiger partial charge < -0.3 is 19.3 Å². The van der Waals surface area contributed by atoms with Crippen molar-refractivity contribution in [2.24, 2.45) is 5.92 Å². The first-order valence-corrected chi connectivity index (χ1v) is 9.41. The largest absolute Gasteiger partial charge is 0.480 e. The number of hydrogen-bond donors (Lipinski definition) is 0. The molecule has 0 spiro atoms. The highest BCUT2D eigenvalue weighted by Crippen LogP contribution is 2.28. The van der Waals surface area contributed by atoms with E-state index in [4.69, 9.17) is 9.47 Å². The smallest absolute Gasteiger partial charge is 0.235 e. The summed E-state index contributed by atoms with van der Waals surface area (Å²) >= 11 is 0. The number of hydrogen-bond acceptors (Lipinski definition) is 6. The summed E-state index contributed by atoms with van der Waals surface area (Å²) in [5, 5.41) is 0. The first-order chi connectivity index (χ1) is 14.0. The second kappa shape index (κ2) is 8.02. The van der Waals surface area contributed by atoms with Gasteiger partial charge in [-0.15, -0.1) is 0 Å². The molecule has 2 aromatic rings. The lowest BCUT2D eigenvalue weighted by atomic mass is 10.1. The molecule has 0 N–H and O–H groups in total. The van der Waals surface area contributed by atoms with E-state index in [1.165, 1.54) is 36.5 Å². The molecule has 0 radical (unpaired) electrons. The minimum absolute atomic E-state index is 0.0641. The lowest BCUT2D eigenvalue weighted by Gasteiger charge is -2.21. The summed E-state index contributed by atoms with van der Waals surface area (Å²) in [7, 11) is 1.50. The summed E-state index contributed by atoms with van der Waals surface area (Å²) in [4.78, 5) is 36.7. The lowest BCUT2D eigenvalue weighted by Crippen LogP contribution is -2.37. The molecular weight excluding hydrogens is 379 g/mol. The van der Waals surface area contributed by atoms with Crippen LogP contribution in [0.2, 0.25) is 0 Å². The summed E-state index contributed by atoms with van der Waals surface area (Å²) in [6, 6.07) is 5.72. The molecule has 152 valence electrons. The van der Waals surface area contributed by atoms with Crippen molar-refractivity contribution in [2.75, 3.05) is 31.6 Å². The number of amides is 2. The van der Waals surface area contributed by atoms with E-state index in [-0.39, 0.29) is 30.2 Å². The highest BCUT2D eigenvalue weighted by atomic mass is 19.1. The van der Waals surface area contributed by atoms with Crippen molar-refractivity contribution in [3.05, 3.63) is 42.5 Å². The Labute approximate surface area is 167 Å². The molecule has 1 aromatic carbocycles. The van der Waals surface area contributed by atoms with Crippen LogP contribution in [0.15, 0.2) is 36.7 Å². The fraction of sp³-hybridized carbons (Fsp3) is 0.400. The van der Waals surface area contributed by atoms with Crippen molar-refractivity contribution < 1.29 is 23.5 Å². The number of nitrogens with zero attached hydrogens (tertiary/aromatic N) is 4. The second-order valence-electron chi connectivity index (χ2n) is 7.09. The number of halogens is 1. The minimum atomic E-state index is -0.414. The molecule has 8 nitrogen and oxygen atoms in total. The molecule has 2 aliphatic rings. The summed E-state index contributed by atoms with van der Waals surface area (Å²) in [5.41, 5.74) is 0.603. The zero-order valence-corrected chi connectivity index (χ0v) is 16.0. The Morgan fingerprint density at radius 1 is 1.17 bits per heavy atom. The van der Waals surface area contributed by atoms with Crippen molar-refractivity contribution in [1.29, 1.82) is 0 Å². The molecule has 2 amide bonds. The van der Waals surface area contributed by atoms with Gasteiger partial charge in [-0.1, -0.05) is 0 Å². The average Bonchev–Trinajstić information content (AvgIpc) is 3.35. The highest BCUT2D eigenvalue weighted by molar-refractivity contribution is 6.00. The summed E-state index contributed by atoms with van der Waals surface area (Å²) < 4.78 is 24.0. The molecule has 9 heteroatoms. The van der Waals surface area contributed by atoms with Crippen LogP contribution in [0.1, 0.15) is 12.8 Å². The van der Waals surface area contributed by atoms with Gasteiger partial charge in [0, 0.05) is 31.6 Å². The maximum atomic E-state index is 13.1. The van der Waals surface area contributed by atoms with E-state index < -0.39 is 5.92 Å². The number of anilines is 1. The molecule has 29 heavy (non-hydrogen) atoms. The number of aromatic nitrogens is 2. The number of ether oxygens (including phenoxy) is 2.